The second kappa shape index (κ2) is 6.19. The fourth-order valence-electron chi connectivity index (χ4n) is 1.68. The van der Waals surface area contributed by atoms with E-state index < -0.39 is 11.9 Å². The Bertz CT molecular complexity index is 596. The van der Waals surface area contributed by atoms with Crippen LogP contribution < -0.4 is 10.1 Å². The Morgan fingerprint density at radius 1 is 1.20 bits per heavy atom. The molecule has 2 aromatic carbocycles. The minimum Gasteiger partial charge on any atom is -0.481 e. The number of amides is 1. The fourth-order valence-corrected chi connectivity index (χ4v) is 1.68. The summed E-state index contributed by atoms with van der Waals surface area (Å²) in [6.45, 7) is 3.59. The van der Waals surface area contributed by atoms with Gasteiger partial charge < -0.3 is 10.1 Å². The van der Waals surface area contributed by atoms with E-state index in [4.69, 9.17) is 4.74 Å². The lowest BCUT2D eigenvalue weighted by molar-refractivity contribution is -0.122. The number of aryl methyl sites for hydroxylation is 1. The minimum absolute atomic E-state index is 0.280. The number of benzene rings is 2. The molecule has 4 heteroatoms. The highest BCUT2D eigenvalue weighted by molar-refractivity contribution is 5.94. The van der Waals surface area contributed by atoms with Crippen molar-refractivity contribution in [3.63, 3.8) is 0 Å². The SMILES string of the molecule is Cc1ccc(NC(=O)[C@H](C)Oc2cccc(F)c2)cc1. The Labute approximate surface area is 117 Å². The number of carbonyl (C=O) groups excluding carboxylic acids is 1. The van der Waals surface area contributed by atoms with Gasteiger partial charge in [0.05, 0.1) is 0 Å². The maximum atomic E-state index is 13.0. The largest absolute Gasteiger partial charge is 0.481 e. The third kappa shape index (κ3) is 3.82. The van der Waals surface area contributed by atoms with Gasteiger partial charge in [-0.05, 0) is 38.1 Å². The van der Waals surface area contributed by atoms with Crippen LogP contribution in [0.15, 0.2) is 48.5 Å². The quantitative estimate of drug-likeness (QED) is 0.925. The van der Waals surface area contributed by atoms with Crippen molar-refractivity contribution in [1.29, 1.82) is 0 Å². The summed E-state index contributed by atoms with van der Waals surface area (Å²) in [5.41, 5.74) is 1.82. The van der Waals surface area contributed by atoms with Crippen LogP contribution >= 0.6 is 0 Å². The summed E-state index contributed by atoms with van der Waals surface area (Å²) in [4.78, 5) is 12.0. The molecule has 0 heterocycles. The summed E-state index contributed by atoms with van der Waals surface area (Å²) >= 11 is 0. The van der Waals surface area contributed by atoms with E-state index in [-0.39, 0.29) is 5.91 Å². The monoisotopic (exact) mass is 273 g/mol. The smallest absolute Gasteiger partial charge is 0.265 e. The van der Waals surface area contributed by atoms with Gasteiger partial charge in [-0.3, -0.25) is 4.79 Å². The molecule has 0 aliphatic heterocycles. The highest BCUT2D eigenvalue weighted by Gasteiger charge is 2.15. The number of carbonyl (C=O) groups is 1. The van der Waals surface area contributed by atoms with Gasteiger partial charge in [0, 0.05) is 11.8 Å². The van der Waals surface area contributed by atoms with Gasteiger partial charge in [-0.1, -0.05) is 23.8 Å². The molecule has 104 valence electrons. The first-order valence-corrected chi connectivity index (χ1v) is 6.34. The normalized spacial score (nSPS) is 11.8. The molecule has 2 aromatic rings. The van der Waals surface area contributed by atoms with E-state index in [9.17, 15) is 9.18 Å². The molecule has 0 bridgehead atoms. The van der Waals surface area contributed by atoms with E-state index in [2.05, 4.69) is 5.32 Å². The molecule has 2 rings (SSSR count). The van der Waals surface area contributed by atoms with Crippen LogP contribution in [-0.4, -0.2) is 12.0 Å². The molecule has 0 radical (unpaired) electrons. The van der Waals surface area contributed by atoms with E-state index in [1.807, 2.05) is 31.2 Å². The third-order valence-electron chi connectivity index (χ3n) is 2.80. The lowest BCUT2D eigenvalue weighted by Crippen LogP contribution is -2.30. The lowest BCUT2D eigenvalue weighted by atomic mass is 10.2. The average Bonchev–Trinajstić information content (AvgIpc) is 2.41. The highest BCUT2D eigenvalue weighted by atomic mass is 19.1. The van der Waals surface area contributed by atoms with Crippen LogP contribution in [0, 0.1) is 12.7 Å². The highest BCUT2D eigenvalue weighted by Crippen LogP contribution is 2.15. The second-order valence-electron chi connectivity index (χ2n) is 4.57. The summed E-state index contributed by atoms with van der Waals surface area (Å²) in [5.74, 6) is -0.344. The molecule has 0 unspecified atom stereocenters. The number of rotatable bonds is 4. The van der Waals surface area contributed by atoms with Crippen LogP contribution in [0.5, 0.6) is 5.75 Å². The van der Waals surface area contributed by atoms with Gasteiger partial charge in [-0.25, -0.2) is 4.39 Å². The molecule has 1 amide bonds. The molecule has 20 heavy (non-hydrogen) atoms. The second-order valence-corrected chi connectivity index (χ2v) is 4.57. The van der Waals surface area contributed by atoms with E-state index in [0.717, 1.165) is 5.56 Å². The maximum Gasteiger partial charge on any atom is 0.265 e. The summed E-state index contributed by atoms with van der Waals surface area (Å²) in [6.07, 6.45) is -0.710. The summed E-state index contributed by atoms with van der Waals surface area (Å²) in [6, 6.07) is 13.2. The molecule has 1 N–H and O–H groups in total. The van der Waals surface area contributed by atoms with E-state index in [1.54, 1.807) is 13.0 Å². The predicted molar refractivity (Wildman–Crippen MR) is 76.3 cm³/mol. The van der Waals surface area contributed by atoms with Crippen molar-refractivity contribution in [3.8, 4) is 5.75 Å². The standard InChI is InChI=1S/C16H16FNO2/c1-11-6-8-14(9-7-11)18-16(19)12(2)20-15-5-3-4-13(17)10-15/h3-10,12H,1-2H3,(H,18,19)/t12-/m0/s1. The zero-order chi connectivity index (χ0) is 14.5. The molecule has 0 aromatic heterocycles. The summed E-state index contributed by atoms with van der Waals surface area (Å²) in [7, 11) is 0. The Hall–Kier alpha value is -2.36. The first-order valence-electron chi connectivity index (χ1n) is 6.34. The van der Waals surface area contributed by atoms with Crippen LogP contribution in [0.2, 0.25) is 0 Å². The van der Waals surface area contributed by atoms with E-state index >= 15 is 0 Å². The lowest BCUT2D eigenvalue weighted by Gasteiger charge is -2.14. The van der Waals surface area contributed by atoms with Crippen molar-refractivity contribution in [2.45, 2.75) is 20.0 Å². The molecule has 0 saturated heterocycles. The number of hydrogen-bond acceptors (Lipinski definition) is 2. The van der Waals surface area contributed by atoms with Crippen LogP contribution in [-0.2, 0) is 4.79 Å². The van der Waals surface area contributed by atoms with Gasteiger partial charge in [-0.15, -0.1) is 0 Å². The van der Waals surface area contributed by atoms with Crippen molar-refractivity contribution in [3.05, 3.63) is 59.9 Å². The van der Waals surface area contributed by atoms with Gasteiger partial charge >= 0.3 is 0 Å². The molecule has 0 aliphatic carbocycles. The van der Waals surface area contributed by atoms with Crippen LogP contribution in [0.3, 0.4) is 0 Å². The van der Waals surface area contributed by atoms with Crippen molar-refractivity contribution < 1.29 is 13.9 Å². The molecule has 1 atom stereocenters. The summed E-state index contributed by atoms with van der Waals surface area (Å²) in [5, 5.41) is 2.75. The third-order valence-corrected chi connectivity index (χ3v) is 2.80. The number of anilines is 1. The van der Waals surface area contributed by atoms with Gasteiger partial charge in [0.1, 0.15) is 11.6 Å². The molecule has 0 spiro atoms. The van der Waals surface area contributed by atoms with Crippen LogP contribution in [0.25, 0.3) is 0 Å². The van der Waals surface area contributed by atoms with Crippen molar-refractivity contribution in [2.24, 2.45) is 0 Å². The van der Waals surface area contributed by atoms with Gasteiger partial charge in [0.15, 0.2) is 6.10 Å². The molecular weight excluding hydrogens is 257 g/mol. The topological polar surface area (TPSA) is 38.3 Å². The summed E-state index contributed by atoms with van der Waals surface area (Å²) < 4.78 is 18.4. The van der Waals surface area contributed by atoms with Gasteiger partial charge in [-0.2, -0.15) is 0 Å². The van der Waals surface area contributed by atoms with Crippen molar-refractivity contribution in [1.82, 2.24) is 0 Å². The Morgan fingerprint density at radius 2 is 1.90 bits per heavy atom. The fraction of sp³-hybridized carbons (Fsp3) is 0.188. The van der Waals surface area contributed by atoms with Gasteiger partial charge in [0.25, 0.3) is 5.91 Å². The maximum absolute atomic E-state index is 13.0. The predicted octanol–water partition coefficient (Wildman–Crippen LogP) is 3.54. The van der Waals surface area contributed by atoms with Crippen LogP contribution in [0.1, 0.15) is 12.5 Å². The number of ether oxygens (including phenoxy) is 1. The Morgan fingerprint density at radius 3 is 2.55 bits per heavy atom. The van der Waals surface area contributed by atoms with Gasteiger partial charge in [0.2, 0.25) is 0 Å². The Balaban J connectivity index is 1.96. The molecule has 0 saturated carbocycles. The van der Waals surface area contributed by atoms with E-state index in [1.165, 1.54) is 18.2 Å². The van der Waals surface area contributed by atoms with Crippen molar-refractivity contribution >= 4 is 11.6 Å². The molecule has 0 fully saturated rings. The number of hydrogen-bond donors (Lipinski definition) is 1. The average molecular weight is 273 g/mol. The molecular formula is C16H16FNO2. The Kier molecular flexibility index (Phi) is 4.35. The first kappa shape index (κ1) is 14.1. The number of nitrogens with one attached hydrogen (secondary N) is 1. The number of halogens is 1. The first-order chi connectivity index (χ1) is 9.54. The zero-order valence-corrected chi connectivity index (χ0v) is 11.4. The molecule has 3 nitrogen and oxygen atoms in total. The zero-order valence-electron chi connectivity index (χ0n) is 11.4. The minimum atomic E-state index is -0.710. The van der Waals surface area contributed by atoms with E-state index in [0.29, 0.717) is 11.4 Å². The molecule has 0 aliphatic rings. The van der Waals surface area contributed by atoms with Crippen LogP contribution in [0.4, 0.5) is 10.1 Å². The van der Waals surface area contributed by atoms with Crippen molar-refractivity contribution in [2.75, 3.05) is 5.32 Å².